The zero-order chi connectivity index (χ0) is 13.5. The van der Waals surface area contributed by atoms with E-state index in [9.17, 15) is 22.8 Å². The lowest BCUT2D eigenvalue weighted by molar-refractivity contribution is -0.471. The summed E-state index contributed by atoms with van der Waals surface area (Å²) < 4.78 is 52.1. The number of rotatable bonds is 1. The van der Waals surface area contributed by atoms with E-state index >= 15 is 0 Å². The van der Waals surface area contributed by atoms with Crippen molar-refractivity contribution in [2.45, 2.75) is 19.1 Å². The Balaban J connectivity index is 2.55. The average molecular weight is 259 g/mol. The molecule has 2 nitrogen and oxygen atoms in total. The number of hydrogen-bond donors (Lipinski definition) is 0. The topological polar surface area (TPSA) is 26.1 Å². The number of halogens is 4. The molecule has 6 heteroatoms. The molecule has 1 aromatic rings. The number of hydrogen-bond acceptors (Lipinski definition) is 1. The van der Waals surface area contributed by atoms with Crippen LogP contribution in [0.1, 0.15) is 18.1 Å². The van der Waals surface area contributed by atoms with Crippen LogP contribution in [-0.4, -0.2) is 17.0 Å². The number of hydroxylamine groups is 1. The van der Waals surface area contributed by atoms with Crippen molar-refractivity contribution >= 4 is 11.8 Å². The Bertz CT molecular complexity index is 545. The Morgan fingerprint density at radius 1 is 1.28 bits per heavy atom. The van der Waals surface area contributed by atoms with Gasteiger partial charge in [0.15, 0.2) is 12.3 Å². The molecule has 96 valence electrons. The van der Waals surface area contributed by atoms with E-state index in [2.05, 4.69) is 0 Å². The largest absolute Gasteiger partial charge is 0.623 e. The van der Waals surface area contributed by atoms with Crippen molar-refractivity contribution in [2.24, 2.45) is 0 Å². The zero-order valence-corrected chi connectivity index (χ0v) is 9.33. The summed E-state index contributed by atoms with van der Waals surface area (Å²) in [6.45, 7) is 1.47. The summed E-state index contributed by atoms with van der Waals surface area (Å²) >= 11 is 0. The minimum atomic E-state index is -4.58. The highest BCUT2D eigenvalue weighted by Crippen LogP contribution is 2.37. The molecule has 0 bridgehead atoms. The van der Waals surface area contributed by atoms with E-state index in [1.54, 1.807) is 0 Å². The normalized spacial score (nSPS) is 19.7. The van der Waals surface area contributed by atoms with Gasteiger partial charge in [-0.1, -0.05) is 0 Å². The van der Waals surface area contributed by atoms with Crippen LogP contribution < -0.4 is 0 Å². The molecule has 0 saturated heterocycles. The second-order valence-corrected chi connectivity index (χ2v) is 3.99. The Kier molecular flexibility index (Phi) is 2.88. The molecule has 0 aliphatic carbocycles. The number of nitrogens with zero attached hydrogens (tertiary/aromatic N) is 1. The van der Waals surface area contributed by atoms with Crippen molar-refractivity contribution in [1.29, 1.82) is 0 Å². The first kappa shape index (κ1) is 12.6. The maximum absolute atomic E-state index is 13.1. The van der Waals surface area contributed by atoms with Crippen molar-refractivity contribution < 1.29 is 22.3 Å². The second-order valence-electron chi connectivity index (χ2n) is 3.99. The summed E-state index contributed by atoms with van der Waals surface area (Å²) in [5.74, 6) is -0.768. The van der Waals surface area contributed by atoms with Crippen LogP contribution in [0.4, 0.5) is 17.6 Å². The van der Waals surface area contributed by atoms with Gasteiger partial charge in [-0.15, -0.1) is 0 Å². The predicted octanol–water partition coefficient (Wildman–Crippen LogP) is 3.21. The van der Waals surface area contributed by atoms with Gasteiger partial charge >= 0.3 is 6.18 Å². The summed E-state index contributed by atoms with van der Waals surface area (Å²) in [7, 11) is 0. The molecule has 0 saturated carbocycles. The fourth-order valence-corrected chi connectivity index (χ4v) is 1.88. The van der Waals surface area contributed by atoms with E-state index in [1.807, 2.05) is 0 Å². The third-order valence-corrected chi connectivity index (χ3v) is 2.83. The molecule has 1 heterocycles. The van der Waals surface area contributed by atoms with Crippen LogP contribution >= 0.6 is 0 Å². The van der Waals surface area contributed by atoms with Crippen LogP contribution in [0, 0.1) is 11.0 Å². The predicted molar refractivity (Wildman–Crippen MR) is 58.5 cm³/mol. The maximum atomic E-state index is 13.1. The second kappa shape index (κ2) is 4.12. The smallest absolute Gasteiger partial charge is 0.417 e. The molecule has 0 N–H and O–H groups in total. The average Bonchev–Trinajstić information content (AvgIpc) is 2.58. The van der Waals surface area contributed by atoms with E-state index in [4.69, 9.17) is 0 Å². The van der Waals surface area contributed by atoms with Crippen LogP contribution in [-0.2, 0) is 6.18 Å². The van der Waals surface area contributed by atoms with Crippen molar-refractivity contribution in [3.05, 3.63) is 46.4 Å². The van der Waals surface area contributed by atoms with Gasteiger partial charge in [-0.3, -0.25) is 0 Å². The van der Waals surface area contributed by atoms with Crippen molar-refractivity contribution in [2.75, 3.05) is 0 Å². The summed E-state index contributed by atoms with van der Waals surface area (Å²) in [5.41, 5.74) is -1.06. The van der Waals surface area contributed by atoms with Gasteiger partial charge in [0.2, 0.25) is 0 Å². The first-order chi connectivity index (χ1) is 8.30. The minimum Gasteiger partial charge on any atom is -0.623 e. The van der Waals surface area contributed by atoms with E-state index in [1.165, 1.54) is 13.0 Å². The lowest BCUT2D eigenvalue weighted by Crippen LogP contribution is -2.17. The molecular weight excluding hydrogens is 250 g/mol. The van der Waals surface area contributed by atoms with Crippen LogP contribution in [0.25, 0.3) is 5.57 Å². The minimum absolute atomic E-state index is 0.164. The maximum Gasteiger partial charge on any atom is 0.417 e. The molecule has 1 atom stereocenters. The fourth-order valence-electron chi connectivity index (χ4n) is 1.88. The zero-order valence-electron chi connectivity index (χ0n) is 9.33. The Hall–Kier alpha value is -1.85. The van der Waals surface area contributed by atoms with Crippen molar-refractivity contribution in [1.82, 2.24) is 0 Å². The molecule has 18 heavy (non-hydrogen) atoms. The SMILES string of the molecule is CC1C(c2cc(F)ccc2C(F)(F)F)=CC=[N+]1[O-]. The fraction of sp³-hybridized carbons (Fsp3) is 0.250. The molecule has 1 aliphatic heterocycles. The molecular formula is C12H9F4NO. The molecule has 1 unspecified atom stereocenters. The highest BCUT2D eigenvalue weighted by Gasteiger charge is 2.36. The first-order valence-electron chi connectivity index (χ1n) is 5.18. The van der Waals surface area contributed by atoms with Crippen molar-refractivity contribution in [3.8, 4) is 0 Å². The molecule has 0 spiro atoms. The molecule has 2 rings (SSSR count). The summed E-state index contributed by atoms with van der Waals surface area (Å²) in [6.07, 6.45) is -2.17. The van der Waals surface area contributed by atoms with Gasteiger partial charge in [-0.2, -0.15) is 13.2 Å². The Morgan fingerprint density at radius 2 is 1.94 bits per heavy atom. The van der Waals surface area contributed by atoms with E-state index in [0.717, 1.165) is 18.3 Å². The van der Waals surface area contributed by atoms with Gasteiger partial charge in [0.1, 0.15) is 5.82 Å². The van der Waals surface area contributed by atoms with Crippen LogP contribution in [0.15, 0.2) is 24.3 Å². The Labute approximate surface area is 100 Å². The van der Waals surface area contributed by atoms with Crippen molar-refractivity contribution in [3.63, 3.8) is 0 Å². The summed E-state index contributed by atoms with van der Waals surface area (Å²) in [5, 5.41) is 11.2. The first-order valence-corrected chi connectivity index (χ1v) is 5.18. The van der Waals surface area contributed by atoms with Gasteiger partial charge < -0.3 is 5.21 Å². The summed E-state index contributed by atoms with van der Waals surface area (Å²) in [6, 6.07) is 1.49. The van der Waals surface area contributed by atoms with Crippen LogP contribution in [0.5, 0.6) is 0 Å². The third kappa shape index (κ3) is 2.10. The highest BCUT2D eigenvalue weighted by molar-refractivity contribution is 5.87. The molecule has 1 aliphatic rings. The number of benzene rings is 1. The molecule has 0 amide bonds. The number of alkyl halides is 3. The number of allylic oxidation sites excluding steroid dienone is 1. The van der Waals surface area contributed by atoms with Gasteiger partial charge in [-0.05, 0) is 23.8 Å². The molecule has 1 aromatic carbocycles. The van der Waals surface area contributed by atoms with Gasteiger partial charge in [0.25, 0.3) is 0 Å². The molecule has 0 fully saturated rings. The van der Waals surface area contributed by atoms with E-state index < -0.39 is 23.6 Å². The molecule has 0 radical (unpaired) electrons. The quantitative estimate of drug-likeness (QED) is 0.432. The lowest BCUT2D eigenvalue weighted by Gasteiger charge is -2.16. The third-order valence-electron chi connectivity index (χ3n) is 2.83. The van der Waals surface area contributed by atoms with Gasteiger partial charge in [0.05, 0.1) is 5.56 Å². The molecule has 0 aromatic heterocycles. The van der Waals surface area contributed by atoms with E-state index in [-0.39, 0.29) is 11.1 Å². The standard InChI is InChI=1S/C12H9F4NO/c1-7-9(4-5-17(7)18)10-6-8(13)2-3-11(10)12(14,15)16/h2-7H,1H3. The van der Waals surface area contributed by atoms with Gasteiger partial charge in [-0.25, -0.2) is 9.13 Å². The van der Waals surface area contributed by atoms with Gasteiger partial charge in [0, 0.05) is 18.6 Å². The monoisotopic (exact) mass is 259 g/mol. The van der Waals surface area contributed by atoms with Crippen LogP contribution in [0.3, 0.4) is 0 Å². The lowest BCUT2D eigenvalue weighted by atomic mass is 9.95. The summed E-state index contributed by atoms with van der Waals surface area (Å²) in [4.78, 5) is 0. The van der Waals surface area contributed by atoms with E-state index in [0.29, 0.717) is 10.8 Å². The Morgan fingerprint density at radius 3 is 2.44 bits per heavy atom. The highest BCUT2D eigenvalue weighted by atomic mass is 19.4. The van der Waals surface area contributed by atoms with Crippen LogP contribution in [0.2, 0.25) is 0 Å².